The topological polar surface area (TPSA) is 53.6 Å². The second-order valence-electron chi connectivity index (χ2n) is 7.60. The monoisotopic (exact) mass is 381 g/mol. The van der Waals surface area contributed by atoms with Gasteiger partial charge in [-0.25, -0.2) is 0 Å². The maximum absolute atomic E-state index is 11.6. The Morgan fingerprint density at radius 1 is 1.00 bits per heavy atom. The molecule has 0 spiro atoms. The largest absolute Gasteiger partial charge is 0.373 e. The number of benzene rings is 2. The van der Waals surface area contributed by atoms with Gasteiger partial charge in [0.05, 0.1) is 12.2 Å². The minimum Gasteiger partial charge on any atom is -0.373 e. The number of nitrogens with zero attached hydrogens (tertiary/aromatic N) is 1. The Balaban J connectivity index is 1.55. The molecule has 28 heavy (non-hydrogen) atoms. The third-order valence-corrected chi connectivity index (χ3v) is 5.10. The van der Waals surface area contributed by atoms with Gasteiger partial charge in [-0.05, 0) is 42.7 Å². The minimum atomic E-state index is -0.0554. The Hall–Kier alpha value is -2.21. The Bertz CT molecular complexity index is 766. The quantitative estimate of drug-likeness (QED) is 0.774. The molecule has 0 saturated carbocycles. The molecule has 1 fully saturated rings. The van der Waals surface area contributed by atoms with Crippen LogP contribution in [0.2, 0.25) is 0 Å². The predicted octanol–water partition coefficient (Wildman–Crippen LogP) is 2.95. The summed E-state index contributed by atoms with van der Waals surface area (Å²) in [7, 11) is 1.65. The summed E-state index contributed by atoms with van der Waals surface area (Å²) in [5.41, 5.74) is 4.55. The lowest BCUT2D eigenvalue weighted by molar-refractivity contribution is -0.0705. The Morgan fingerprint density at radius 3 is 2.29 bits per heavy atom. The van der Waals surface area contributed by atoms with E-state index in [9.17, 15) is 4.79 Å². The molecule has 2 aromatic carbocycles. The molecule has 2 atom stereocenters. The summed E-state index contributed by atoms with van der Waals surface area (Å²) in [5.74, 6) is -0.0554. The third-order valence-electron chi connectivity index (χ3n) is 5.10. The summed E-state index contributed by atoms with van der Waals surface area (Å²) >= 11 is 0. The smallest absolute Gasteiger partial charge is 0.251 e. The normalized spacial score (nSPS) is 20.1. The van der Waals surface area contributed by atoms with Gasteiger partial charge in [-0.2, -0.15) is 0 Å². The van der Waals surface area contributed by atoms with Crippen molar-refractivity contribution in [3.8, 4) is 0 Å². The highest BCUT2D eigenvalue weighted by atomic mass is 16.5. The molecule has 0 unspecified atom stereocenters. The third kappa shape index (κ3) is 5.64. The van der Waals surface area contributed by atoms with Gasteiger partial charge in [-0.1, -0.05) is 36.4 Å². The van der Waals surface area contributed by atoms with E-state index in [-0.39, 0.29) is 18.1 Å². The van der Waals surface area contributed by atoms with E-state index in [0.29, 0.717) is 5.56 Å². The fourth-order valence-corrected chi connectivity index (χ4v) is 3.80. The van der Waals surface area contributed by atoms with Crippen molar-refractivity contribution < 1.29 is 9.53 Å². The summed E-state index contributed by atoms with van der Waals surface area (Å²) in [5, 5.41) is 6.18. The summed E-state index contributed by atoms with van der Waals surface area (Å²) in [6, 6.07) is 16.4. The highest BCUT2D eigenvalue weighted by Crippen LogP contribution is 2.17. The van der Waals surface area contributed by atoms with Gasteiger partial charge in [-0.3, -0.25) is 9.69 Å². The van der Waals surface area contributed by atoms with Crippen LogP contribution < -0.4 is 10.6 Å². The molecule has 2 N–H and O–H groups in total. The number of hydrogen-bond donors (Lipinski definition) is 2. The Labute approximate surface area is 168 Å². The first kappa shape index (κ1) is 20.5. The van der Waals surface area contributed by atoms with Crippen molar-refractivity contribution in [2.45, 2.75) is 45.7 Å². The van der Waals surface area contributed by atoms with Crippen molar-refractivity contribution in [3.05, 3.63) is 70.8 Å². The lowest BCUT2D eigenvalue weighted by atomic mass is 10.1. The van der Waals surface area contributed by atoms with Gasteiger partial charge in [0.2, 0.25) is 0 Å². The molecule has 1 amide bonds. The summed E-state index contributed by atoms with van der Waals surface area (Å²) in [4.78, 5) is 14.1. The van der Waals surface area contributed by atoms with Crippen LogP contribution in [0, 0.1) is 0 Å². The van der Waals surface area contributed by atoms with E-state index in [1.165, 1.54) is 16.7 Å². The van der Waals surface area contributed by atoms with E-state index in [4.69, 9.17) is 4.74 Å². The predicted molar refractivity (Wildman–Crippen MR) is 112 cm³/mol. The van der Waals surface area contributed by atoms with E-state index < -0.39 is 0 Å². The van der Waals surface area contributed by atoms with Gasteiger partial charge in [-0.15, -0.1) is 0 Å². The number of rotatable bonds is 7. The molecule has 5 heteroatoms. The average Bonchev–Trinajstić information content (AvgIpc) is 2.68. The molecule has 150 valence electrons. The molecule has 2 aromatic rings. The minimum absolute atomic E-state index is 0.0554. The van der Waals surface area contributed by atoms with E-state index in [1.807, 2.05) is 24.3 Å². The van der Waals surface area contributed by atoms with Crippen LogP contribution in [-0.2, 0) is 24.4 Å². The van der Waals surface area contributed by atoms with Crippen LogP contribution in [0.1, 0.15) is 40.9 Å². The van der Waals surface area contributed by atoms with E-state index in [0.717, 1.165) is 32.7 Å². The van der Waals surface area contributed by atoms with Gasteiger partial charge >= 0.3 is 0 Å². The number of carbonyl (C=O) groups excluding carboxylic acids is 1. The van der Waals surface area contributed by atoms with Crippen LogP contribution in [-0.4, -0.2) is 43.2 Å². The SMILES string of the molecule is CNC(=O)c1ccc(CNCc2ccccc2CN2C[C@H](C)O[C@@H](C)C2)cc1. The first-order chi connectivity index (χ1) is 13.5. The number of hydrogen-bond acceptors (Lipinski definition) is 4. The van der Waals surface area contributed by atoms with Gasteiger partial charge < -0.3 is 15.4 Å². The Kier molecular flexibility index (Phi) is 7.20. The van der Waals surface area contributed by atoms with Crippen LogP contribution in [0.4, 0.5) is 0 Å². The molecule has 5 nitrogen and oxygen atoms in total. The fraction of sp³-hybridized carbons (Fsp3) is 0.435. The van der Waals surface area contributed by atoms with Crippen molar-refractivity contribution in [1.82, 2.24) is 15.5 Å². The highest BCUT2D eigenvalue weighted by molar-refractivity contribution is 5.93. The number of morpholine rings is 1. The molecule has 1 aliphatic heterocycles. The zero-order valence-corrected chi connectivity index (χ0v) is 17.1. The van der Waals surface area contributed by atoms with E-state index >= 15 is 0 Å². The number of nitrogens with one attached hydrogen (secondary N) is 2. The molecule has 0 radical (unpaired) electrons. The number of carbonyl (C=O) groups is 1. The summed E-state index contributed by atoms with van der Waals surface area (Å²) in [6.45, 7) is 8.79. The van der Waals surface area contributed by atoms with Gasteiger partial charge in [0.15, 0.2) is 0 Å². The molecule has 3 rings (SSSR count). The number of amides is 1. The van der Waals surface area contributed by atoms with Gasteiger partial charge in [0, 0.05) is 45.3 Å². The van der Waals surface area contributed by atoms with Crippen molar-refractivity contribution in [3.63, 3.8) is 0 Å². The van der Waals surface area contributed by atoms with Crippen LogP contribution >= 0.6 is 0 Å². The lowest BCUT2D eigenvalue weighted by Crippen LogP contribution is -2.45. The molecule has 1 heterocycles. The van der Waals surface area contributed by atoms with Crippen LogP contribution in [0.15, 0.2) is 48.5 Å². The second-order valence-corrected chi connectivity index (χ2v) is 7.60. The summed E-state index contributed by atoms with van der Waals surface area (Å²) < 4.78 is 5.85. The van der Waals surface area contributed by atoms with E-state index in [2.05, 4.69) is 53.6 Å². The molecular weight excluding hydrogens is 350 g/mol. The van der Waals surface area contributed by atoms with Gasteiger partial charge in [0.25, 0.3) is 5.91 Å². The van der Waals surface area contributed by atoms with Crippen molar-refractivity contribution in [1.29, 1.82) is 0 Å². The van der Waals surface area contributed by atoms with E-state index in [1.54, 1.807) is 7.05 Å². The Morgan fingerprint density at radius 2 is 1.64 bits per heavy atom. The fourth-order valence-electron chi connectivity index (χ4n) is 3.80. The number of ether oxygens (including phenoxy) is 1. The van der Waals surface area contributed by atoms with Crippen LogP contribution in [0.5, 0.6) is 0 Å². The zero-order chi connectivity index (χ0) is 19.9. The standard InChI is InChI=1S/C23H31N3O2/c1-17-14-26(15-18(2)28-17)16-22-7-5-4-6-21(22)13-25-12-19-8-10-20(11-9-19)23(27)24-3/h4-11,17-18,25H,12-16H2,1-3H3,(H,24,27)/t17-,18-/m0/s1. The average molecular weight is 382 g/mol. The van der Waals surface area contributed by atoms with Crippen LogP contribution in [0.25, 0.3) is 0 Å². The lowest BCUT2D eigenvalue weighted by Gasteiger charge is -2.35. The maximum atomic E-state index is 11.6. The van der Waals surface area contributed by atoms with Gasteiger partial charge in [0.1, 0.15) is 0 Å². The summed E-state index contributed by atoms with van der Waals surface area (Å²) in [6.07, 6.45) is 0.568. The van der Waals surface area contributed by atoms with Crippen molar-refractivity contribution in [2.75, 3.05) is 20.1 Å². The highest BCUT2D eigenvalue weighted by Gasteiger charge is 2.22. The zero-order valence-electron chi connectivity index (χ0n) is 17.1. The molecule has 0 aliphatic carbocycles. The van der Waals surface area contributed by atoms with Crippen LogP contribution in [0.3, 0.4) is 0 Å². The first-order valence-corrected chi connectivity index (χ1v) is 10.0. The molecule has 1 saturated heterocycles. The van der Waals surface area contributed by atoms with Crippen molar-refractivity contribution >= 4 is 5.91 Å². The molecular formula is C23H31N3O2. The second kappa shape index (κ2) is 9.82. The molecule has 0 bridgehead atoms. The molecule has 0 aromatic heterocycles. The van der Waals surface area contributed by atoms with Crippen molar-refractivity contribution in [2.24, 2.45) is 0 Å². The maximum Gasteiger partial charge on any atom is 0.251 e. The molecule has 1 aliphatic rings. The first-order valence-electron chi connectivity index (χ1n) is 10.0.